The van der Waals surface area contributed by atoms with Crippen molar-refractivity contribution in [2.75, 3.05) is 5.73 Å². The molecule has 0 radical (unpaired) electrons. The number of nitrogen functional groups attached to an aromatic ring is 1. The maximum Gasteiger partial charge on any atom is 0.272 e. The van der Waals surface area contributed by atoms with Crippen LogP contribution >= 0.6 is 0 Å². The maximum absolute atomic E-state index is 12.2. The van der Waals surface area contributed by atoms with Crippen molar-refractivity contribution in [1.82, 2.24) is 15.3 Å². The number of hydrogen-bond acceptors (Lipinski definition) is 4. The van der Waals surface area contributed by atoms with E-state index < -0.39 is 0 Å². The summed E-state index contributed by atoms with van der Waals surface area (Å²) in [5, 5.41) is 3.02. The average Bonchev–Trinajstić information content (AvgIpc) is 2.74. The normalized spacial score (nSPS) is 22.7. The summed E-state index contributed by atoms with van der Waals surface area (Å²) in [7, 11) is 0. The molecule has 2 unspecified atom stereocenters. The van der Waals surface area contributed by atoms with Crippen LogP contribution in [-0.2, 0) is 0 Å². The van der Waals surface area contributed by atoms with Crippen LogP contribution in [0.2, 0.25) is 0 Å². The van der Waals surface area contributed by atoms with Crippen LogP contribution in [0.1, 0.15) is 62.3 Å². The Balaban J connectivity index is 2.12. The number of carbonyl (C=O) groups excluding carboxylic acids is 1. The molecule has 3 N–H and O–H groups in total. The highest BCUT2D eigenvalue weighted by molar-refractivity contribution is 5.97. The minimum absolute atomic E-state index is 0.179. The Morgan fingerprint density at radius 1 is 1.47 bits per heavy atom. The first-order valence-electron chi connectivity index (χ1n) is 6.90. The van der Waals surface area contributed by atoms with Crippen LogP contribution in [0.15, 0.2) is 6.20 Å². The molecule has 5 heteroatoms. The lowest BCUT2D eigenvalue weighted by atomic mass is 10.1. The Morgan fingerprint density at radius 3 is 2.79 bits per heavy atom. The van der Waals surface area contributed by atoms with Gasteiger partial charge >= 0.3 is 0 Å². The van der Waals surface area contributed by atoms with Crippen molar-refractivity contribution >= 4 is 11.6 Å². The number of anilines is 1. The van der Waals surface area contributed by atoms with Crippen molar-refractivity contribution in [3.63, 3.8) is 0 Å². The van der Waals surface area contributed by atoms with E-state index in [0.29, 0.717) is 23.1 Å². The molecule has 5 nitrogen and oxygen atoms in total. The monoisotopic (exact) mass is 262 g/mol. The Kier molecular flexibility index (Phi) is 4.02. The molecule has 0 aliphatic heterocycles. The number of rotatable bonds is 3. The molecule has 1 aliphatic rings. The quantitative estimate of drug-likeness (QED) is 0.874. The highest BCUT2D eigenvalue weighted by atomic mass is 16.2. The summed E-state index contributed by atoms with van der Waals surface area (Å²) in [6.45, 7) is 6.19. The third-order valence-electron chi connectivity index (χ3n) is 3.60. The van der Waals surface area contributed by atoms with E-state index in [1.54, 1.807) is 0 Å². The molecule has 19 heavy (non-hydrogen) atoms. The van der Waals surface area contributed by atoms with Gasteiger partial charge in [-0.2, -0.15) is 0 Å². The minimum Gasteiger partial charge on any atom is -0.396 e. The fourth-order valence-corrected chi connectivity index (χ4v) is 2.46. The molecular weight excluding hydrogens is 240 g/mol. The van der Waals surface area contributed by atoms with Gasteiger partial charge in [0.25, 0.3) is 5.91 Å². The van der Waals surface area contributed by atoms with E-state index in [0.717, 1.165) is 12.8 Å². The second-order valence-electron chi connectivity index (χ2n) is 5.78. The van der Waals surface area contributed by atoms with Crippen molar-refractivity contribution in [2.45, 2.75) is 52.0 Å². The van der Waals surface area contributed by atoms with Gasteiger partial charge < -0.3 is 11.1 Å². The highest BCUT2D eigenvalue weighted by Gasteiger charge is 2.24. The van der Waals surface area contributed by atoms with Crippen molar-refractivity contribution in [3.8, 4) is 0 Å². The number of nitrogens with zero attached hydrogens (tertiary/aromatic N) is 2. The molecule has 0 saturated heterocycles. The first kappa shape index (κ1) is 13.8. The lowest BCUT2D eigenvalue weighted by Gasteiger charge is -2.14. The topological polar surface area (TPSA) is 80.9 Å². The summed E-state index contributed by atoms with van der Waals surface area (Å²) in [5.74, 6) is 1.33. The van der Waals surface area contributed by atoms with Gasteiger partial charge in [0.15, 0.2) is 5.69 Å². The van der Waals surface area contributed by atoms with Crippen LogP contribution in [0, 0.1) is 5.92 Å². The Hall–Kier alpha value is -1.65. The predicted octanol–water partition coefficient (Wildman–Crippen LogP) is 2.10. The van der Waals surface area contributed by atoms with E-state index in [1.807, 2.05) is 13.8 Å². The van der Waals surface area contributed by atoms with Gasteiger partial charge in [-0.05, 0) is 25.2 Å². The second kappa shape index (κ2) is 5.55. The number of nitrogens with one attached hydrogen (secondary N) is 1. The van der Waals surface area contributed by atoms with Gasteiger partial charge in [-0.15, -0.1) is 0 Å². The van der Waals surface area contributed by atoms with Crippen LogP contribution in [0.25, 0.3) is 0 Å². The second-order valence-corrected chi connectivity index (χ2v) is 5.78. The molecule has 2 rings (SSSR count). The molecule has 1 amide bonds. The predicted molar refractivity (Wildman–Crippen MR) is 74.8 cm³/mol. The molecule has 1 saturated carbocycles. The molecule has 1 aromatic rings. The van der Waals surface area contributed by atoms with E-state index in [9.17, 15) is 4.79 Å². The third kappa shape index (κ3) is 3.22. The fraction of sp³-hybridized carbons (Fsp3) is 0.643. The molecule has 1 fully saturated rings. The van der Waals surface area contributed by atoms with E-state index >= 15 is 0 Å². The number of hydrogen-bond donors (Lipinski definition) is 2. The van der Waals surface area contributed by atoms with E-state index in [-0.39, 0.29) is 17.9 Å². The van der Waals surface area contributed by atoms with Crippen LogP contribution in [0.3, 0.4) is 0 Å². The standard InChI is InChI=1S/C14H22N4O/c1-8(2)13-16-7-11(15)12(18-13)14(19)17-10-5-4-9(3)6-10/h7-10H,4-6,15H2,1-3H3,(H,17,19). The zero-order valence-corrected chi connectivity index (χ0v) is 11.8. The van der Waals surface area contributed by atoms with Gasteiger partial charge in [0.2, 0.25) is 0 Å². The van der Waals surface area contributed by atoms with Crippen molar-refractivity contribution < 1.29 is 4.79 Å². The number of nitrogens with two attached hydrogens (primary N) is 1. The molecule has 0 spiro atoms. The van der Waals surface area contributed by atoms with E-state index in [1.165, 1.54) is 12.6 Å². The molecular formula is C14H22N4O. The van der Waals surface area contributed by atoms with E-state index in [4.69, 9.17) is 5.73 Å². The lowest BCUT2D eigenvalue weighted by molar-refractivity contribution is 0.0932. The van der Waals surface area contributed by atoms with Crippen LogP contribution < -0.4 is 11.1 Å². The smallest absolute Gasteiger partial charge is 0.272 e. The van der Waals surface area contributed by atoms with Crippen LogP contribution in [0.4, 0.5) is 5.69 Å². The van der Waals surface area contributed by atoms with Gasteiger partial charge in [0.05, 0.1) is 11.9 Å². The Labute approximate surface area is 114 Å². The molecule has 104 valence electrons. The summed E-state index contributed by atoms with van der Waals surface area (Å²) in [5.41, 5.74) is 6.45. The number of aromatic nitrogens is 2. The molecule has 1 heterocycles. The van der Waals surface area contributed by atoms with Gasteiger partial charge in [-0.1, -0.05) is 20.8 Å². The molecule has 1 aliphatic carbocycles. The summed E-state index contributed by atoms with van der Waals surface area (Å²) < 4.78 is 0. The highest BCUT2D eigenvalue weighted by Crippen LogP contribution is 2.25. The summed E-state index contributed by atoms with van der Waals surface area (Å²) in [6, 6.07) is 0.249. The van der Waals surface area contributed by atoms with Crippen molar-refractivity contribution in [3.05, 3.63) is 17.7 Å². The number of carbonyl (C=O) groups is 1. The average molecular weight is 262 g/mol. The van der Waals surface area contributed by atoms with Gasteiger partial charge in [0.1, 0.15) is 5.82 Å². The van der Waals surface area contributed by atoms with Gasteiger partial charge in [-0.25, -0.2) is 9.97 Å². The van der Waals surface area contributed by atoms with Crippen LogP contribution in [-0.4, -0.2) is 21.9 Å². The minimum atomic E-state index is -0.180. The first-order valence-corrected chi connectivity index (χ1v) is 6.90. The molecule has 1 aromatic heterocycles. The largest absolute Gasteiger partial charge is 0.396 e. The number of amides is 1. The lowest BCUT2D eigenvalue weighted by Crippen LogP contribution is -2.34. The van der Waals surface area contributed by atoms with Crippen molar-refractivity contribution in [2.24, 2.45) is 5.92 Å². The first-order chi connectivity index (χ1) is 8.97. The van der Waals surface area contributed by atoms with Gasteiger partial charge in [0, 0.05) is 12.0 Å². The maximum atomic E-state index is 12.2. The third-order valence-corrected chi connectivity index (χ3v) is 3.60. The summed E-state index contributed by atoms with van der Waals surface area (Å²) in [6.07, 6.45) is 4.76. The molecule has 2 atom stereocenters. The SMILES string of the molecule is CC1CCC(NC(=O)c2nc(C(C)C)ncc2N)C1. The zero-order valence-electron chi connectivity index (χ0n) is 11.8. The van der Waals surface area contributed by atoms with Crippen molar-refractivity contribution in [1.29, 1.82) is 0 Å². The zero-order chi connectivity index (χ0) is 14.0. The van der Waals surface area contributed by atoms with E-state index in [2.05, 4.69) is 22.2 Å². The van der Waals surface area contributed by atoms with Gasteiger partial charge in [-0.3, -0.25) is 4.79 Å². The Morgan fingerprint density at radius 2 is 2.21 bits per heavy atom. The van der Waals surface area contributed by atoms with Crippen LogP contribution in [0.5, 0.6) is 0 Å². The Bertz CT molecular complexity index is 473. The molecule has 0 aromatic carbocycles. The molecule has 0 bridgehead atoms. The summed E-state index contributed by atoms with van der Waals surface area (Å²) in [4.78, 5) is 20.7. The summed E-state index contributed by atoms with van der Waals surface area (Å²) >= 11 is 0. The fourth-order valence-electron chi connectivity index (χ4n) is 2.46.